The van der Waals surface area contributed by atoms with E-state index < -0.39 is 22.2 Å². The number of aliphatic hydroxyl groups is 1. The Morgan fingerprint density at radius 2 is 0.804 bits per heavy atom. The van der Waals surface area contributed by atoms with E-state index in [4.69, 9.17) is 4.55 Å². The quantitative estimate of drug-likeness (QED) is 0.0271. The molecule has 9 heteroatoms. The van der Waals surface area contributed by atoms with Crippen LogP contribution in [0.15, 0.2) is 0 Å². The highest BCUT2D eigenvalue weighted by Crippen LogP contribution is 2.20. The highest BCUT2D eigenvalue weighted by Gasteiger charge is 2.39. The smallest absolute Gasteiger partial charge is 0.379 e. The normalized spacial score (nSPS) is 12.5. The monoisotopic (exact) mass is 678 g/mol. The number of rotatable bonds is 33. The molecule has 0 radical (unpaired) electrons. The molecule has 276 valence electrons. The zero-order valence-corrected chi connectivity index (χ0v) is 31.5. The summed E-state index contributed by atoms with van der Waals surface area (Å²) in [4.78, 5) is 26.2. The van der Waals surface area contributed by atoms with Crippen LogP contribution in [0.2, 0.25) is 0 Å². The average Bonchev–Trinajstić information content (AvgIpc) is 3.01. The van der Waals surface area contributed by atoms with Crippen molar-refractivity contribution in [3.63, 3.8) is 0 Å². The number of ketones is 2. The van der Waals surface area contributed by atoms with Gasteiger partial charge in [-0.1, -0.05) is 168 Å². The molecule has 0 bridgehead atoms. The van der Waals surface area contributed by atoms with Crippen molar-refractivity contribution in [3.8, 4) is 0 Å². The summed E-state index contributed by atoms with van der Waals surface area (Å²) in [5.41, 5.74) is -1.26. The first-order valence-corrected chi connectivity index (χ1v) is 20.4. The second-order valence-electron chi connectivity index (χ2n) is 13.4. The Bertz CT molecular complexity index is 760. The molecular weight excluding hydrogens is 602 g/mol. The number of carbonyl (C=O) groups excluding carboxylic acids is 2. The summed E-state index contributed by atoms with van der Waals surface area (Å²) in [6.45, 7) is 7.81. The van der Waals surface area contributed by atoms with Crippen LogP contribution in [0.25, 0.3) is 0 Å². The molecule has 0 heterocycles. The van der Waals surface area contributed by atoms with Crippen molar-refractivity contribution >= 4 is 22.0 Å². The minimum absolute atomic E-state index is 0.0591. The molecule has 0 saturated carbocycles. The van der Waals surface area contributed by atoms with Crippen molar-refractivity contribution in [1.82, 2.24) is 5.32 Å². The van der Waals surface area contributed by atoms with Crippen LogP contribution in [0.5, 0.6) is 0 Å². The van der Waals surface area contributed by atoms with E-state index in [0.717, 1.165) is 45.6 Å². The van der Waals surface area contributed by atoms with Crippen LogP contribution in [0.1, 0.15) is 207 Å². The van der Waals surface area contributed by atoms with E-state index in [9.17, 15) is 23.1 Å². The van der Waals surface area contributed by atoms with E-state index in [1.54, 1.807) is 13.8 Å². The highest BCUT2D eigenvalue weighted by atomic mass is 32.3. The number of unbranched alkanes of at least 4 members (excludes halogenated alkanes) is 24. The Kier molecular flexibility index (Phi) is 33.6. The fraction of sp³-hybridized carbons (Fsp3) is 0.946. The van der Waals surface area contributed by atoms with E-state index in [1.807, 2.05) is 0 Å². The van der Waals surface area contributed by atoms with Gasteiger partial charge in [0.15, 0.2) is 11.6 Å². The molecule has 0 aliphatic carbocycles. The molecule has 0 aromatic rings. The molecule has 0 spiro atoms. The number of hydrogen-bond donors (Lipinski definition) is 3. The Balaban J connectivity index is 0. The van der Waals surface area contributed by atoms with Gasteiger partial charge in [-0.15, -0.1) is 0 Å². The van der Waals surface area contributed by atoms with Gasteiger partial charge in [0.1, 0.15) is 11.8 Å². The maximum absolute atomic E-state index is 13.1. The lowest BCUT2D eigenvalue weighted by Crippen LogP contribution is -2.58. The zero-order valence-electron chi connectivity index (χ0n) is 30.7. The Morgan fingerprint density at radius 1 is 0.587 bits per heavy atom. The summed E-state index contributed by atoms with van der Waals surface area (Å²) in [5.74, 6) is -0.118. The molecule has 0 fully saturated rings. The van der Waals surface area contributed by atoms with E-state index in [-0.39, 0.29) is 11.6 Å². The minimum atomic E-state index is -4.16. The molecule has 8 nitrogen and oxygen atoms in total. The summed E-state index contributed by atoms with van der Waals surface area (Å²) in [7, 11) is -3.29. The molecule has 0 aromatic carbocycles. The van der Waals surface area contributed by atoms with E-state index in [2.05, 4.69) is 23.3 Å². The third-order valence-electron chi connectivity index (χ3n) is 8.84. The van der Waals surface area contributed by atoms with Crippen molar-refractivity contribution in [3.05, 3.63) is 0 Å². The highest BCUT2D eigenvalue weighted by molar-refractivity contribution is 7.80. The first-order chi connectivity index (χ1) is 21.9. The van der Waals surface area contributed by atoms with Crippen molar-refractivity contribution in [2.45, 2.75) is 219 Å². The van der Waals surface area contributed by atoms with Crippen LogP contribution in [-0.4, -0.2) is 48.5 Å². The zero-order chi connectivity index (χ0) is 34.9. The molecule has 1 atom stereocenters. The topological polar surface area (TPSA) is 130 Å². The van der Waals surface area contributed by atoms with Crippen LogP contribution in [0, 0.1) is 0 Å². The van der Waals surface area contributed by atoms with Gasteiger partial charge < -0.3 is 5.11 Å². The van der Waals surface area contributed by atoms with Crippen molar-refractivity contribution in [1.29, 1.82) is 0 Å². The molecule has 0 amide bonds. The summed E-state index contributed by atoms with van der Waals surface area (Å²) >= 11 is 0. The lowest BCUT2D eigenvalue weighted by molar-refractivity contribution is -0.137. The first kappa shape index (κ1) is 47.2. The SMILES string of the molecule is CCCCCCCCCCCCCCCC(=O)C(C)(NC(C)O)C(=O)CCCCCCCCCCCCCCC.COS(=O)(=O)O. The maximum atomic E-state index is 13.1. The van der Waals surface area contributed by atoms with Gasteiger partial charge in [-0.2, -0.15) is 8.42 Å². The van der Waals surface area contributed by atoms with Crippen LogP contribution in [-0.2, 0) is 24.2 Å². The number of Topliss-reactive ketones (excluding diaryl/α,β-unsaturated/α-hetero) is 2. The molecule has 0 saturated heterocycles. The van der Waals surface area contributed by atoms with Gasteiger partial charge in [0, 0.05) is 12.8 Å². The second-order valence-corrected chi connectivity index (χ2v) is 14.6. The van der Waals surface area contributed by atoms with Crippen molar-refractivity contribution in [2.75, 3.05) is 7.11 Å². The predicted octanol–water partition coefficient (Wildman–Crippen LogP) is 10.2. The Morgan fingerprint density at radius 3 is 1.00 bits per heavy atom. The standard InChI is InChI=1S/C36H71NO3.CH4O4S/c1-5-7-9-11-13-15-17-19-21-23-25-27-29-31-34(39)36(4,37-33(3)38)35(40)32-30-28-26-24-22-20-18-16-14-12-10-8-6-2;1-5-6(2,3)4/h33,37-38H,5-32H2,1-4H3;1H3,(H,2,3,4). The summed E-state index contributed by atoms with van der Waals surface area (Å²) in [6, 6.07) is 0. The van der Waals surface area contributed by atoms with E-state index in [0.29, 0.717) is 12.8 Å². The number of carbonyl (C=O) groups is 2. The molecule has 3 N–H and O–H groups in total. The summed E-state index contributed by atoms with van der Waals surface area (Å²) < 4.78 is 29.7. The number of aliphatic hydroxyl groups excluding tert-OH is 1. The van der Waals surface area contributed by atoms with Gasteiger partial charge in [-0.05, 0) is 26.7 Å². The molecule has 0 aliphatic rings. The fourth-order valence-electron chi connectivity index (χ4n) is 5.84. The third-order valence-corrected chi connectivity index (χ3v) is 9.26. The van der Waals surface area contributed by atoms with Gasteiger partial charge in [0.2, 0.25) is 0 Å². The fourth-order valence-corrected chi connectivity index (χ4v) is 5.84. The molecular formula is C37H75NO7S. The van der Waals surface area contributed by atoms with Gasteiger partial charge >= 0.3 is 10.4 Å². The van der Waals surface area contributed by atoms with E-state index in [1.165, 1.54) is 128 Å². The summed E-state index contributed by atoms with van der Waals surface area (Å²) in [5, 5.41) is 12.8. The van der Waals surface area contributed by atoms with Crippen LogP contribution < -0.4 is 5.32 Å². The third kappa shape index (κ3) is 31.7. The molecule has 46 heavy (non-hydrogen) atoms. The van der Waals surface area contributed by atoms with Crippen LogP contribution in [0.3, 0.4) is 0 Å². The second kappa shape index (κ2) is 32.7. The Labute approximate surface area is 285 Å². The predicted molar refractivity (Wildman–Crippen MR) is 192 cm³/mol. The summed E-state index contributed by atoms with van der Waals surface area (Å²) in [6.07, 6.45) is 33.0. The van der Waals surface area contributed by atoms with E-state index >= 15 is 0 Å². The Hall–Kier alpha value is -0.870. The van der Waals surface area contributed by atoms with Gasteiger partial charge in [0.25, 0.3) is 0 Å². The number of hydrogen-bond acceptors (Lipinski definition) is 7. The molecule has 0 aromatic heterocycles. The maximum Gasteiger partial charge on any atom is 0.397 e. The average molecular weight is 678 g/mol. The van der Waals surface area contributed by atoms with Crippen LogP contribution >= 0.6 is 0 Å². The minimum Gasteiger partial charge on any atom is -0.379 e. The number of nitrogens with one attached hydrogen (secondary N) is 1. The first-order valence-electron chi connectivity index (χ1n) is 19.0. The van der Waals surface area contributed by atoms with Crippen molar-refractivity contribution < 1.29 is 31.8 Å². The molecule has 1 unspecified atom stereocenters. The lowest BCUT2D eigenvalue weighted by Gasteiger charge is -2.30. The largest absolute Gasteiger partial charge is 0.397 e. The van der Waals surface area contributed by atoms with Gasteiger partial charge in [0.05, 0.1) is 7.11 Å². The van der Waals surface area contributed by atoms with Crippen LogP contribution in [0.4, 0.5) is 0 Å². The van der Waals surface area contributed by atoms with Crippen molar-refractivity contribution in [2.24, 2.45) is 0 Å². The van der Waals surface area contributed by atoms with Gasteiger partial charge in [-0.25, -0.2) is 0 Å². The molecule has 0 rings (SSSR count). The molecule has 0 aliphatic heterocycles. The lowest BCUT2D eigenvalue weighted by atomic mass is 9.85. The van der Waals surface area contributed by atoms with Gasteiger partial charge in [-0.3, -0.25) is 23.6 Å².